The second-order valence-corrected chi connectivity index (χ2v) is 4.46. The summed E-state index contributed by atoms with van der Waals surface area (Å²) in [6, 6.07) is -0.517. The molecular weight excluding hydrogens is 195 g/mol. The van der Waals surface area contributed by atoms with Crippen LogP contribution in [0.5, 0.6) is 0 Å². The first-order chi connectivity index (χ1) is 7.02. The molecule has 5 N–H and O–H groups in total. The zero-order valence-electron chi connectivity index (χ0n) is 9.07. The minimum atomic E-state index is -0.830. The second-order valence-electron chi connectivity index (χ2n) is 4.46. The smallest absolute Gasteiger partial charge is 0.321 e. The molecule has 1 fully saturated rings. The van der Waals surface area contributed by atoms with Crippen LogP contribution in [0.1, 0.15) is 12.8 Å². The second kappa shape index (κ2) is 4.96. The zero-order chi connectivity index (χ0) is 11.5. The highest BCUT2D eigenvalue weighted by Gasteiger charge is 2.49. The van der Waals surface area contributed by atoms with Crippen molar-refractivity contribution in [1.82, 2.24) is 5.32 Å². The first-order valence-corrected chi connectivity index (χ1v) is 5.36. The Morgan fingerprint density at radius 1 is 1.73 bits per heavy atom. The summed E-state index contributed by atoms with van der Waals surface area (Å²) in [7, 11) is 0. The molecule has 6 heteroatoms. The molecule has 0 saturated carbocycles. The summed E-state index contributed by atoms with van der Waals surface area (Å²) < 4.78 is 0. The van der Waals surface area contributed by atoms with Crippen LogP contribution >= 0.6 is 0 Å². The van der Waals surface area contributed by atoms with E-state index in [1.165, 1.54) is 0 Å². The van der Waals surface area contributed by atoms with Crippen molar-refractivity contribution < 1.29 is 14.9 Å². The summed E-state index contributed by atoms with van der Waals surface area (Å²) in [6.07, 6.45) is 2.28. The zero-order valence-corrected chi connectivity index (χ0v) is 9.07. The lowest BCUT2D eigenvalue weighted by Gasteiger charge is -2.47. The summed E-state index contributed by atoms with van der Waals surface area (Å²) in [5, 5.41) is 20.9. The van der Waals surface area contributed by atoms with E-state index in [1.54, 1.807) is 6.82 Å². The Bertz CT molecular complexity index is 233. The summed E-state index contributed by atoms with van der Waals surface area (Å²) in [6.45, 7) is 2.47. The molecule has 0 aliphatic carbocycles. The molecule has 0 aromatic carbocycles. The molecule has 2 unspecified atom stereocenters. The van der Waals surface area contributed by atoms with Gasteiger partial charge in [-0.1, -0.05) is 13.2 Å². The Kier molecular flexibility index (Phi) is 4.13. The van der Waals surface area contributed by atoms with Crippen molar-refractivity contribution >= 4 is 12.9 Å². The number of carbonyl (C=O) groups is 1. The molecule has 1 heterocycles. The lowest BCUT2D eigenvalue weighted by Crippen LogP contribution is -2.68. The molecule has 5 nitrogen and oxygen atoms in total. The maximum atomic E-state index is 10.9. The molecule has 0 bridgehead atoms. The average Bonchev–Trinajstić information content (AvgIpc) is 2.09. The van der Waals surface area contributed by atoms with E-state index in [0.29, 0.717) is 19.4 Å². The fourth-order valence-electron chi connectivity index (χ4n) is 2.12. The molecule has 1 saturated heterocycles. The summed E-state index contributed by atoms with van der Waals surface area (Å²) >= 11 is 0. The van der Waals surface area contributed by atoms with Gasteiger partial charge in [-0.15, -0.1) is 0 Å². The van der Waals surface area contributed by atoms with Crippen LogP contribution in [0, 0.1) is 5.41 Å². The van der Waals surface area contributed by atoms with Crippen LogP contribution in [0.2, 0.25) is 13.1 Å². The Hall–Kier alpha value is -0.585. The van der Waals surface area contributed by atoms with Gasteiger partial charge < -0.3 is 21.2 Å². The van der Waals surface area contributed by atoms with Crippen LogP contribution in [0.25, 0.3) is 0 Å². The Morgan fingerprint density at radius 3 is 2.73 bits per heavy atom. The summed E-state index contributed by atoms with van der Waals surface area (Å²) in [5.41, 5.74) is 5.34. The van der Waals surface area contributed by atoms with Crippen molar-refractivity contribution in [2.24, 2.45) is 11.1 Å². The van der Waals surface area contributed by atoms with Gasteiger partial charge in [-0.2, -0.15) is 0 Å². The van der Waals surface area contributed by atoms with E-state index in [9.17, 15) is 4.79 Å². The Labute approximate surface area is 90.2 Å². The fraction of sp³-hybridized carbons (Fsp3) is 0.889. The van der Waals surface area contributed by atoms with E-state index in [-0.39, 0.29) is 12.3 Å². The van der Waals surface area contributed by atoms with Gasteiger partial charge in [0, 0.05) is 18.5 Å². The molecule has 1 rings (SSSR count). The number of hydrogen-bond acceptors (Lipinski definition) is 4. The SMILES string of the molecule is CB(O)CCCC1(CN)CNC1C(=O)O. The number of rotatable bonds is 6. The summed E-state index contributed by atoms with van der Waals surface area (Å²) in [5.74, 6) is -0.830. The van der Waals surface area contributed by atoms with Gasteiger partial charge >= 0.3 is 5.97 Å². The quantitative estimate of drug-likeness (QED) is 0.442. The van der Waals surface area contributed by atoms with E-state index >= 15 is 0 Å². The van der Waals surface area contributed by atoms with Gasteiger partial charge in [-0.05, 0) is 12.7 Å². The predicted octanol–water partition coefficient (Wildman–Crippen LogP) is -0.618. The third kappa shape index (κ3) is 2.71. The largest absolute Gasteiger partial charge is 0.480 e. The Morgan fingerprint density at radius 2 is 2.40 bits per heavy atom. The van der Waals surface area contributed by atoms with Gasteiger partial charge in [0.15, 0.2) is 0 Å². The van der Waals surface area contributed by atoms with Gasteiger partial charge in [0.2, 0.25) is 0 Å². The third-order valence-corrected chi connectivity index (χ3v) is 3.22. The molecular formula is C9H19BN2O3. The van der Waals surface area contributed by atoms with Crippen LogP contribution in [-0.4, -0.2) is 42.1 Å². The molecule has 0 aromatic rings. The highest BCUT2D eigenvalue weighted by molar-refractivity contribution is 6.48. The topological polar surface area (TPSA) is 95.6 Å². The molecule has 86 valence electrons. The van der Waals surface area contributed by atoms with Gasteiger partial charge in [0.25, 0.3) is 6.92 Å². The van der Waals surface area contributed by atoms with Crippen molar-refractivity contribution in [2.75, 3.05) is 13.1 Å². The predicted molar refractivity (Wildman–Crippen MR) is 58.8 cm³/mol. The Balaban J connectivity index is 2.44. The highest BCUT2D eigenvalue weighted by Crippen LogP contribution is 2.34. The molecule has 15 heavy (non-hydrogen) atoms. The van der Waals surface area contributed by atoms with E-state index in [2.05, 4.69) is 5.32 Å². The average molecular weight is 214 g/mol. The molecule has 2 atom stereocenters. The minimum absolute atomic E-state index is 0.305. The van der Waals surface area contributed by atoms with Crippen molar-refractivity contribution in [3.05, 3.63) is 0 Å². The van der Waals surface area contributed by atoms with Crippen molar-refractivity contribution in [3.8, 4) is 0 Å². The molecule has 0 radical (unpaired) electrons. The number of hydrogen-bond donors (Lipinski definition) is 4. The van der Waals surface area contributed by atoms with Crippen LogP contribution in [0.4, 0.5) is 0 Å². The van der Waals surface area contributed by atoms with E-state index in [1.807, 2.05) is 0 Å². The maximum Gasteiger partial charge on any atom is 0.321 e. The third-order valence-electron chi connectivity index (χ3n) is 3.22. The summed E-state index contributed by atoms with van der Waals surface area (Å²) in [4.78, 5) is 10.9. The first kappa shape index (κ1) is 12.5. The van der Waals surface area contributed by atoms with E-state index in [0.717, 1.165) is 12.8 Å². The van der Waals surface area contributed by atoms with Crippen molar-refractivity contribution in [2.45, 2.75) is 32.0 Å². The fourth-order valence-corrected chi connectivity index (χ4v) is 2.12. The normalized spacial score (nSPS) is 29.7. The number of aliphatic carboxylic acids is 1. The number of carboxylic acid groups (broad SMARTS) is 1. The molecule has 0 aromatic heterocycles. The lowest BCUT2D eigenvalue weighted by molar-refractivity contribution is -0.148. The molecule has 1 aliphatic heterocycles. The van der Waals surface area contributed by atoms with Crippen LogP contribution < -0.4 is 11.1 Å². The van der Waals surface area contributed by atoms with Crippen LogP contribution in [-0.2, 0) is 4.79 Å². The van der Waals surface area contributed by atoms with Gasteiger partial charge in [-0.25, -0.2) is 0 Å². The monoisotopic (exact) mass is 214 g/mol. The highest BCUT2D eigenvalue weighted by atomic mass is 16.4. The molecule has 0 amide bonds. The maximum absolute atomic E-state index is 10.9. The van der Waals surface area contributed by atoms with E-state index < -0.39 is 12.0 Å². The van der Waals surface area contributed by atoms with Crippen molar-refractivity contribution in [1.29, 1.82) is 0 Å². The number of nitrogens with two attached hydrogens (primary N) is 1. The van der Waals surface area contributed by atoms with Crippen LogP contribution in [0.15, 0.2) is 0 Å². The standard InChI is InChI=1S/C9H19BN2O3/c1-10(15)4-2-3-9(5-11)6-12-7(9)8(13)14/h7,12,15H,2-6,11H2,1H3,(H,13,14). The van der Waals surface area contributed by atoms with Gasteiger partial charge in [0.05, 0.1) is 0 Å². The van der Waals surface area contributed by atoms with Gasteiger partial charge in [0.1, 0.15) is 6.04 Å². The van der Waals surface area contributed by atoms with Gasteiger partial charge in [-0.3, -0.25) is 4.79 Å². The first-order valence-electron chi connectivity index (χ1n) is 5.36. The molecule has 0 spiro atoms. The minimum Gasteiger partial charge on any atom is -0.480 e. The molecule has 1 aliphatic rings. The lowest BCUT2D eigenvalue weighted by atomic mass is 9.63. The van der Waals surface area contributed by atoms with Crippen molar-refractivity contribution in [3.63, 3.8) is 0 Å². The number of nitrogens with one attached hydrogen (secondary N) is 1. The van der Waals surface area contributed by atoms with Crippen LogP contribution in [0.3, 0.4) is 0 Å². The van der Waals surface area contributed by atoms with E-state index in [4.69, 9.17) is 15.9 Å². The number of carboxylic acids is 1.